The van der Waals surface area contributed by atoms with Crippen LogP contribution in [-0.4, -0.2) is 112 Å². The number of benzene rings is 2. The molecule has 6 aromatic rings. The van der Waals surface area contributed by atoms with E-state index >= 15 is 0 Å². The molecule has 18 nitrogen and oxygen atoms in total. The van der Waals surface area contributed by atoms with Crippen LogP contribution < -0.4 is 24.4 Å². The Kier molecular flexibility index (Phi) is 14.6. The molecule has 4 fully saturated rings. The van der Waals surface area contributed by atoms with Crippen LogP contribution in [0.1, 0.15) is 111 Å². The maximum absolute atomic E-state index is 14.7. The van der Waals surface area contributed by atoms with Gasteiger partial charge in [-0.25, -0.2) is 32.5 Å². The third-order valence-electron chi connectivity index (χ3n) is 16.1. The first-order valence-corrected chi connectivity index (χ1v) is 27.4. The number of fused-ring (bicyclic) bond motifs is 1. The van der Waals surface area contributed by atoms with Gasteiger partial charge in [-0.15, -0.1) is 0 Å². The number of methoxy groups -OCH3 is 1. The van der Waals surface area contributed by atoms with Crippen molar-refractivity contribution in [3.05, 3.63) is 130 Å². The number of aliphatic hydroxyl groups is 1. The van der Waals surface area contributed by atoms with Crippen LogP contribution in [0.25, 0.3) is 11.0 Å². The Morgan fingerprint density at radius 3 is 2.47 bits per heavy atom. The van der Waals surface area contributed by atoms with Crippen LogP contribution in [-0.2, 0) is 16.6 Å². The molecule has 6 heterocycles. The predicted octanol–water partition coefficient (Wildman–Crippen LogP) is 9.10. The Labute approximate surface area is 436 Å². The normalized spacial score (nSPS) is 21.5. The summed E-state index contributed by atoms with van der Waals surface area (Å²) < 4.78 is 56.0. The van der Waals surface area contributed by atoms with Gasteiger partial charge in [0.2, 0.25) is 11.7 Å². The molecule has 20 heteroatoms. The van der Waals surface area contributed by atoms with E-state index in [4.69, 9.17) is 9.47 Å². The molecule has 2 aliphatic heterocycles. The molecule has 0 unspecified atom stereocenters. The number of amides is 1. The molecule has 2 aromatic carbocycles. The van der Waals surface area contributed by atoms with E-state index in [-0.39, 0.29) is 45.6 Å². The van der Waals surface area contributed by atoms with E-state index in [0.29, 0.717) is 55.7 Å². The number of hydrogen-bond donors (Lipinski definition) is 4. The molecule has 1 atom stereocenters. The minimum atomic E-state index is -4.71. The smallest absolute Gasteiger partial charge is 0.312 e. The fourth-order valence-corrected chi connectivity index (χ4v) is 12.6. The summed E-state index contributed by atoms with van der Waals surface area (Å²) in [5.74, 6) is -0.456. The van der Waals surface area contributed by atoms with E-state index in [1.165, 1.54) is 35.7 Å². The molecular formula is C55H65FN10O8S. The lowest BCUT2D eigenvalue weighted by molar-refractivity contribution is -0.384. The minimum Gasteiger partial charge on any atom is -0.481 e. The molecule has 1 amide bonds. The predicted molar refractivity (Wildman–Crippen MR) is 282 cm³/mol. The Morgan fingerprint density at radius 1 is 0.973 bits per heavy atom. The zero-order chi connectivity index (χ0) is 52.6. The number of ether oxygens (including phenoxy) is 2. The van der Waals surface area contributed by atoms with Gasteiger partial charge in [0, 0.05) is 94.2 Å². The monoisotopic (exact) mass is 1040 g/mol. The first-order valence-electron chi connectivity index (χ1n) is 25.9. The highest BCUT2D eigenvalue weighted by Crippen LogP contribution is 2.53. The van der Waals surface area contributed by atoms with Crippen molar-refractivity contribution >= 4 is 44.2 Å². The fraction of sp³-hybridized carbons (Fsp3) is 0.455. The van der Waals surface area contributed by atoms with Crippen LogP contribution in [0, 0.1) is 27.3 Å². The topological polar surface area (TPSA) is 221 Å². The highest BCUT2D eigenvalue weighted by atomic mass is 32.2. The summed E-state index contributed by atoms with van der Waals surface area (Å²) in [4.78, 5) is 48.1. The summed E-state index contributed by atoms with van der Waals surface area (Å²) >= 11 is 0. The molecule has 2 saturated heterocycles. The van der Waals surface area contributed by atoms with Gasteiger partial charge in [-0.05, 0) is 110 Å². The largest absolute Gasteiger partial charge is 0.481 e. The van der Waals surface area contributed by atoms with Crippen molar-refractivity contribution in [2.24, 2.45) is 11.3 Å². The Hall–Kier alpha value is -6.74. The van der Waals surface area contributed by atoms with Crippen LogP contribution >= 0.6 is 0 Å². The van der Waals surface area contributed by atoms with Crippen molar-refractivity contribution < 1.29 is 37.1 Å². The van der Waals surface area contributed by atoms with Crippen molar-refractivity contribution in [1.82, 2.24) is 34.5 Å². The average molecular weight is 1050 g/mol. The van der Waals surface area contributed by atoms with Gasteiger partial charge in [0.15, 0.2) is 0 Å². The van der Waals surface area contributed by atoms with E-state index in [1.807, 2.05) is 12.3 Å². The summed E-state index contributed by atoms with van der Waals surface area (Å²) in [6.45, 7) is 11.8. The lowest BCUT2D eigenvalue weighted by atomic mass is 9.59. The van der Waals surface area contributed by atoms with Gasteiger partial charge >= 0.3 is 5.69 Å². The van der Waals surface area contributed by atoms with Gasteiger partial charge in [-0.2, -0.15) is 0 Å². The number of piperazine rings is 1. The van der Waals surface area contributed by atoms with Gasteiger partial charge in [-0.3, -0.25) is 24.7 Å². The number of aromatic nitrogens is 4. The molecule has 4 aliphatic rings. The van der Waals surface area contributed by atoms with Crippen molar-refractivity contribution in [1.29, 1.82) is 0 Å². The third-order valence-corrected chi connectivity index (χ3v) is 17.4. The first kappa shape index (κ1) is 51.7. The van der Waals surface area contributed by atoms with E-state index in [2.05, 4.69) is 88.9 Å². The van der Waals surface area contributed by atoms with Crippen molar-refractivity contribution in [2.45, 2.75) is 107 Å². The second-order valence-corrected chi connectivity index (χ2v) is 23.3. The number of rotatable bonds is 16. The maximum atomic E-state index is 14.7. The van der Waals surface area contributed by atoms with Crippen LogP contribution in [0.4, 0.5) is 21.6 Å². The van der Waals surface area contributed by atoms with Crippen molar-refractivity contribution in [2.75, 3.05) is 56.6 Å². The standard InChI is InChI=1S/C55H65FN10O8S/c1-35(2)42-7-5-6-8-43(42)48-34-63(33-37-9-12-50(73-4)57-29-37)21-22-65(48)39-26-55(27-39)17-19-64(20-18-55)38-10-11-44(49(23-38)74-40-24-45-46(56)32-61-51(45)59-30-40)53(67)62-75(71,72)41-25-47(66(69)70)52(60-31-41)58-28-36-13-15-54(3,68)16-14-36/h5-12,23-25,29-32,35-36,39,48,68H,13-22,26-28,33-34H2,1-4H3,(H,58,60)(H,59,61)(H,62,67)/t36?,48-,54?/m0/s1. The number of aromatic amines is 1. The average Bonchev–Trinajstić information content (AvgIpc) is 3.76. The van der Waals surface area contributed by atoms with E-state index in [1.54, 1.807) is 26.2 Å². The molecule has 0 bridgehead atoms. The van der Waals surface area contributed by atoms with E-state index in [0.717, 1.165) is 88.5 Å². The number of anilines is 2. The second-order valence-electron chi connectivity index (χ2n) is 21.6. The van der Waals surface area contributed by atoms with E-state index < -0.39 is 42.9 Å². The summed E-state index contributed by atoms with van der Waals surface area (Å²) in [7, 11) is -3.08. The summed E-state index contributed by atoms with van der Waals surface area (Å²) in [5.41, 5.74) is 3.71. The number of sulfonamides is 1. The number of piperidine rings is 1. The quantitative estimate of drug-likeness (QED) is 0.0524. The third kappa shape index (κ3) is 11.3. The molecule has 1 spiro atoms. The van der Waals surface area contributed by atoms with Crippen molar-refractivity contribution in [3.8, 4) is 17.4 Å². The van der Waals surface area contributed by atoms with Gasteiger partial charge in [0.05, 0.1) is 41.0 Å². The lowest BCUT2D eigenvalue weighted by Gasteiger charge is -2.58. The second kappa shape index (κ2) is 21.1. The van der Waals surface area contributed by atoms with Gasteiger partial charge in [0.25, 0.3) is 15.9 Å². The lowest BCUT2D eigenvalue weighted by Crippen LogP contribution is -2.60. The molecule has 4 aromatic heterocycles. The molecule has 75 heavy (non-hydrogen) atoms. The molecule has 10 rings (SSSR count). The number of carbonyl (C=O) groups excluding carboxylic acids is 1. The molecule has 0 radical (unpaired) electrons. The zero-order valence-electron chi connectivity index (χ0n) is 42.8. The van der Waals surface area contributed by atoms with Crippen molar-refractivity contribution in [3.63, 3.8) is 0 Å². The number of nitrogens with zero attached hydrogens (tertiary/aromatic N) is 7. The Bertz CT molecular complexity index is 3160. The highest BCUT2D eigenvalue weighted by Gasteiger charge is 2.50. The SMILES string of the molecule is COc1ccc(CN2CCN(C3CC4(CCN(c5ccc(C(=O)NS(=O)(=O)c6cnc(NCC7CCC(C)(O)CC7)c([N+](=O)[O-])c6)c(Oc6cnc7[nH]cc(F)c7c6)c5)CC4)C3)[C@H](c3ccccc3C(C)C)C2)cn1. The van der Waals surface area contributed by atoms with Crippen LogP contribution in [0.15, 0.2) is 96.4 Å². The number of pyridine rings is 3. The number of nitro groups is 1. The Morgan fingerprint density at radius 2 is 1.75 bits per heavy atom. The molecule has 396 valence electrons. The summed E-state index contributed by atoms with van der Waals surface area (Å²) in [5, 5.41) is 25.7. The first-order chi connectivity index (χ1) is 35.9. The number of hydrogen-bond acceptors (Lipinski definition) is 15. The minimum absolute atomic E-state index is 0.00397. The van der Waals surface area contributed by atoms with Crippen LogP contribution in [0.2, 0.25) is 0 Å². The summed E-state index contributed by atoms with van der Waals surface area (Å²) in [6.07, 6.45) is 12.2. The number of H-pyrrole nitrogens is 1. The Balaban J connectivity index is 0.837. The highest BCUT2D eigenvalue weighted by molar-refractivity contribution is 7.90. The maximum Gasteiger partial charge on any atom is 0.312 e. The van der Waals surface area contributed by atoms with Crippen LogP contribution in [0.3, 0.4) is 0 Å². The zero-order valence-corrected chi connectivity index (χ0v) is 43.6. The van der Waals surface area contributed by atoms with Gasteiger partial charge < -0.3 is 29.8 Å². The van der Waals surface area contributed by atoms with Gasteiger partial charge in [-0.1, -0.05) is 44.2 Å². The molecular weight excluding hydrogens is 980 g/mol. The molecule has 4 N–H and O–H groups in total. The van der Waals surface area contributed by atoms with E-state index in [9.17, 15) is 32.8 Å². The molecule has 2 saturated carbocycles. The van der Waals surface area contributed by atoms with Crippen LogP contribution in [0.5, 0.6) is 17.4 Å². The van der Waals surface area contributed by atoms with Gasteiger partial charge in [0.1, 0.15) is 27.9 Å². The fourth-order valence-electron chi connectivity index (χ4n) is 11.7. The number of nitrogens with one attached hydrogen (secondary N) is 3. The number of halogens is 1. The number of carbonyl (C=O) groups is 1. The molecule has 2 aliphatic carbocycles. The summed E-state index contributed by atoms with van der Waals surface area (Å²) in [6, 6.07) is 20.8.